The van der Waals surface area contributed by atoms with E-state index in [4.69, 9.17) is 11.6 Å². The highest BCUT2D eigenvalue weighted by molar-refractivity contribution is 6.31. The van der Waals surface area contributed by atoms with Crippen molar-refractivity contribution in [1.29, 1.82) is 0 Å². The van der Waals surface area contributed by atoms with Crippen molar-refractivity contribution in [3.05, 3.63) is 22.8 Å². The SMILES string of the molecule is CC1CN(C)CCCN1c1ccc(Cl)c(CO)n1. The number of nitrogens with zero attached hydrogens (tertiary/aromatic N) is 3. The third-order valence-electron chi connectivity index (χ3n) is 3.39. The summed E-state index contributed by atoms with van der Waals surface area (Å²) >= 11 is 5.98. The van der Waals surface area contributed by atoms with E-state index in [0.717, 1.165) is 31.9 Å². The van der Waals surface area contributed by atoms with Gasteiger partial charge >= 0.3 is 0 Å². The van der Waals surface area contributed by atoms with Gasteiger partial charge in [0.1, 0.15) is 5.82 Å². The molecule has 1 unspecified atom stereocenters. The number of pyridine rings is 1. The lowest BCUT2D eigenvalue weighted by Gasteiger charge is -2.29. The minimum atomic E-state index is -0.116. The first-order valence-corrected chi connectivity index (χ1v) is 6.71. The smallest absolute Gasteiger partial charge is 0.129 e. The molecule has 1 N–H and O–H groups in total. The molecule has 1 aromatic heterocycles. The summed E-state index contributed by atoms with van der Waals surface area (Å²) in [7, 11) is 2.15. The van der Waals surface area contributed by atoms with E-state index in [1.54, 1.807) is 0 Å². The van der Waals surface area contributed by atoms with Crippen LogP contribution in [-0.4, -0.2) is 47.7 Å². The summed E-state index contributed by atoms with van der Waals surface area (Å²) in [6.45, 7) is 5.22. The maximum atomic E-state index is 9.23. The van der Waals surface area contributed by atoms with Crippen molar-refractivity contribution in [2.24, 2.45) is 0 Å². The summed E-state index contributed by atoms with van der Waals surface area (Å²) in [6, 6.07) is 4.16. The van der Waals surface area contributed by atoms with E-state index >= 15 is 0 Å². The van der Waals surface area contributed by atoms with Gasteiger partial charge in [-0.3, -0.25) is 0 Å². The molecular weight excluding hydrogens is 250 g/mol. The molecule has 0 spiro atoms. The fraction of sp³-hybridized carbons (Fsp3) is 0.615. The summed E-state index contributed by atoms with van der Waals surface area (Å²) in [5.74, 6) is 0.909. The number of likely N-dealkylation sites (N-methyl/N-ethyl adjacent to an activating group) is 1. The van der Waals surface area contributed by atoms with Crippen LogP contribution in [0.5, 0.6) is 0 Å². The molecule has 0 aromatic carbocycles. The summed E-state index contributed by atoms with van der Waals surface area (Å²) in [5.41, 5.74) is 0.555. The van der Waals surface area contributed by atoms with Crippen LogP contribution in [0.25, 0.3) is 0 Å². The number of aromatic nitrogens is 1. The van der Waals surface area contributed by atoms with Crippen molar-refractivity contribution in [3.63, 3.8) is 0 Å². The lowest BCUT2D eigenvalue weighted by atomic mass is 10.2. The van der Waals surface area contributed by atoms with Crippen LogP contribution >= 0.6 is 11.6 Å². The van der Waals surface area contributed by atoms with E-state index in [1.165, 1.54) is 0 Å². The fourth-order valence-electron chi connectivity index (χ4n) is 2.46. The van der Waals surface area contributed by atoms with Gasteiger partial charge in [-0.2, -0.15) is 0 Å². The van der Waals surface area contributed by atoms with Gasteiger partial charge in [0.15, 0.2) is 0 Å². The molecule has 1 aliphatic rings. The molecule has 4 nitrogen and oxygen atoms in total. The Kier molecular flexibility index (Phi) is 4.43. The standard InChI is InChI=1S/C13H20ClN3O/c1-10-8-16(2)6-3-7-17(10)13-5-4-11(14)12(9-18)15-13/h4-5,10,18H,3,6-9H2,1-2H3. The zero-order chi connectivity index (χ0) is 13.1. The molecule has 1 atom stereocenters. The Morgan fingerprint density at radius 3 is 2.94 bits per heavy atom. The monoisotopic (exact) mass is 269 g/mol. The predicted octanol–water partition coefficient (Wildman–Crippen LogP) is 1.76. The van der Waals surface area contributed by atoms with Gasteiger partial charge in [-0.25, -0.2) is 4.98 Å². The van der Waals surface area contributed by atoms with Crippen LogP contribution in [0.3, 0.4) is 0 Å². The molecule has 5 heteroatoms. The second-order valence-electron chi connectivity index (χ2n) is 4.91. The third kappa shape index (κ3) is 2.94. The van der Waals surface area contributed by atoms with Crippen molar-refractivity contribution in [2.45, 2.75) is 26.0 Å². The number of anilines is 1. The fourth-order valence-corrected chi connectivity index (χ4v) is 2.62. The van der Waals surface area contributed by atoms with Crippen LogP contribution in [0.1, 0.15) is 19.0 Å². The average Bonchev–Trinajstić information content (AvgIpc) is 2.51. The van der Waals surface area contributed by atoms with Crippen LogP contribution in [0.2, 0.25) is 5.02 Å². The van der Waals surface area contributed by atoms with E-state index in [9.17, 15) is 5.11 Å². The molecule has 1 fully saturated rings. The van der Waals surface area contributed by atoms with E-state index in [-0.39, 0.29) is 6.61 Å². The van der Waals surface area contributed by atoms with E-state index in [0.29, 0.717) is 16.8 Å². The first-order chi connectivity index (χ1) is 8.61. The molecule has 0 radical (unpaired) electrons. The van der Waals surface area contributed by atoms with Gasteiger partial charge in [-0.1, -0.05) is 11.6 Å². The molecule has 0 aliphatic carbocycles. The topological polar surface area (TPSA) is 39.6 Å². The van der Waals surface area contributed by atoms with E-state index in [1.807, 2.05) is 12.1 Å². The first kappa shape index (κ1) is 13.6. The summed E-state index contributed by atoms with van der Waals surface area (Å²) < 4.78 is 0. The summed E-state index contributed by atoms with van der Waals surface area (Å²) in [4.78, 5) is 9.09. The number of rotatable bonds is 2. The normalized spacial score (nSPS) is 22.0. The van der Waals surface area contributed by atoms with Gasteiger partial charge in [0, 0.05) is 19.1 Å². The minimum Gasteiger partial charge on any atom is -0.390 e. The van der Waals surface area contributed by atoms with Gasteiger partial charge in [-0.15, -0.1) is 0 Å². The number of aliphatic hydroxyl groups excluding tert-OH is 1. The van der Waals surface area contributed by atoms with Gasteiger partial charge in [-0.05, 0) is 39.1 Å². The Morgan fingerprint density at radius 2 is 2.22 bits per heavy atom. The number of aliphatic hydroxyl groups is 1. The average molecular weight is 270 g/mol. The second-order valence-corrected chi connectivity index (χ2v) is 5.32. The van der Waals surface area contributed by atoms with E-state index < -0.39 is 0 Å². The first-order valence-electron chi connectivity index (χ1n) is 6.33. The van der Waals surface area contributed by atoms with Crippen molar-refractivity contribution in [2.75, 3.05) is 31.6 Å². The van der Waals surface area contributed by atoms with Crippen molar-refractivity contribution < 1.29 is 5.11 Å². The van der Waals surface area contributed by atoms with Crippen molar-refractivity contribution >= 4 is 17.4 Å². The highest BCUT2D eigenvalue weighted by Crippen LogP contribution is 2.22. The summed E-state index contributed by atoms with van der Waals surface area (Å²) in [6.07, 6.45) is 1.12. The predicted molar refractivity (Wildman–Crippen MR) is 74.1 cm³/mol. The molecule has 100 valence electrons. The van der Waals surface area contributed by atoms with E-state index in [2.05, 4.69) is 28.8 Å². The summed E-state index contributed by atoms with van der Waals surface area (Å²) in [5, 5.41) is 9.76. The number of hydrogen-bond donors (Lipinski definition) is 1. The van der Waals surface area contributed by atoms with Gasteiger partial charge in [0.05, 0.1) is 17.3 Å². The van der Waals surface area contributed by atoms with Crippen LogP contribution in [-0.2, 0) is 6.61 Å². The molecule has 1 aliphatic heterocycles. The molecule has 1 saturated heterocycles. The Labute approximate surface area is 113 Å². The molecule has 18 heavy (non-hydrogen) atoms. The molecule has 0 amide bonds. The quantitative estimate of drug-likeness (QED) is 0.888. The maximum Gasteiger partial charge on any atom is 0.129 e. The third-order valence-corrected chi connectivity index (χ3v) is 3.74. The van der Waals surface area contributed by atoms with Crippen molar-refractivity contribution in [3.8, 4) is 0 Å². The molecule has 1 aromatic rings. The lowest BCUT2D eigenvalue weighted by Crippen LogP contribution is -2.38. The highest BCUT2D eigenvalue weighted by atomic mass is 35.5. The van der Waals surface area contributed by atoms with Gasteiger partial charge in [0.2, 0.25) is 0 Å². The largest absolute Gasteiger partial charge is 0.390 e. The van der Waals surface area contributed by atoms with Crippen LogP contribution in [0.15, 0.2) is 12.1 Å². The molecular formula is C13H20ClN3O. The number of halogens is 1. The Balaban J connectivity index is 2.24. The van der Waals surface area contributed by atoms with Crippen molar-refractivity contribution in [1.82, 2.24) is 9.88 Å². The molecule has 0 bridgehead atoms. The van der Waals surface area contributed by atoms with Crippen LogP contribution < -0.4 is 4.90 Å². The highest BCUT2D eigenvalue weighted by Gasteiger charge is 2.21. The minimum absolute atomic E-state index is 0.116. The van der Waals surface area contributed by atoms with Gasteiger partial charge < -0.3 is 14.9 Å². The molecule has 2 rings (SSSR count). The molecule has 2 heterocycles. The Hall–Kier alpha value is -0.840. The number of hydrogen-bond acceptors (Lipinski definition) is 4. The zero-order valence-corrected chi connectivity index (χ0v) is 11.7. The maximum absolute atomic E-state index is 9.23. The van der Waals surface area contributed by atoms with Gasteiger partial charge in [0.25, 0.3) is 0 Å². The van der Waals surface area contributed by atoms with Crippen LogP contribution in [0, 0.1) is 0 Å². The zero-order valence-electron chi connectivity index (χ0n) is 10.9. The second kappa shape index (κ2) is 5.87. The Bertz CT molecular complexity index is 413. The molecule has 0 saturated carbocycles. The lowest BCUT2D eigenvalue weighted by molar-refractivity contribution is 0.277. The Morgan fingerprint density at radius 1 is 1.44 bits per heavy atom. The van der Waals surface area contributed by atoms with Crippen LogP contribution in [0.4, 0.5) is 5.82 Å².